The Morgan fingerprint density at radius 3 is 1.22 bits per heavy atom. The van der Waals surface area contributed by atoms with E-state index in [9.17, 15) is 75.7 Å². The second-order valence-electron chi connectivity index (χ2n) is 15.5. The van der Waals surface area contributed by atoms with Gasteiger partial charge in [0.1, 0.15) is 51.9 Å². The van der Waals surface area contributed by atoms with Gasteiger partial charge >= 0.3 is 28.7 Å². The number of benzene rings is 4. The minimum Gasteiger partial charge on any atom is -0.506 e. The van der Waals surface area contributed by atoms with E-state index in [0.29, 0.717) is 6.54 Å². The van der Waals surface area contributed by atoms with Gasteiger partial charge < -0.3 is 58.8 Å². The van der Waals surface area contributed by atoms with Gasteiger partial charge in [-0.25, -0.2) is 11.4 Å². The maximum Gasteiger partial charge on any atom is 0.336 e. The van der Waals surface area contributed by atoms with Crippen molar-refractivity contribution in [2.45, 2.75) is 6.54 Å². The number of aliphatic hydroxyl groups excluding tert-OH is 2. The molecule has 7 aromatic rings. The Bertz CT molecular complexity index is 3790. The summed E-state index contributed by atoms with van der Waals surface area (Å²) in [5.41, 5.74) is -2.03. The molecule has 3 aromatic heterocycles. The highest BCUT2D eigenvalue weighted by Gasteiger charge is 2.27. The molecular formula is C52H42ClN13O21. The largest absolute Gasteiger partial charge is 0.506 e. The van der Waals surface area contributed by atoms with Crippen molar-refractivity contribution < 1.29 is 83.2 Å². The lowest BCUT2D eigenvalue weighted by Crippen LogP contribution is -2.02. The van der Waals surface area contributed by atoms with Crippen molar-refractivity contribution in [1.29, 1.82) is 10.5 Å². The number of rotatable bonds is 17. The molecule has 0 unspecified atom stereocenters. The number of carbonyl (C=O) groups excluding carboxylic acids is 1. The minimum atomic E-state index is -1.27. The fourth-order valence-electron chi connectivity index (χ4n) is 6.59. The lowest BCUT2D eigenvalue weighted by molar-refractivity contribution is -0.386. The van der Waals surface area contributed by atoms with Crippen LogP contribution in [0.25, 0.3) is 27.5 Å². The van der Waals surface area contributed by atoms with Crippen molar-refractivity contribution in [3.8, 4) is 58.1 Å². The summed E-state index contributed by atoms with van der Waals surface area (Å²) < 4.78 is 29.4. The number of hydrogen-bond donors (Lipinski definition) is 5. The van der Waals surface area contributed by atoms with Crippen molar-refractivity contribution in [2.75, 3.05) is 42.7 Å². The lowest BCUT2D eigenvalue weighted by Gasteiger charge is -2.11. The van der Waals surface area contributed by atoms with Crippen molar-refractivity contribution in [1.82, 2.24) is 29.9 Å². The predicted molar refractivity (Wildman–Crippen MR) is 299 cm³/mol. The number of ether oxygens (including phenoxy) is 6. The summed E-state index contributed by atoms with van der Waals surface area (Å²) in [5, 5.41) is 109. The van der Waals surface area contributed by atoms with Gasteiger partial charge in [0.05, 0.1) is 86.5 Å². The number of nitro groups is 4. The number of hydrogen-bond acceptors (Lipinski definition) is 28. The average molecular weight is 1220 g/mol. The number of aromatic nitrogens is 6. The van der Waals surface area contributed by atoms with E-state index in [0.717, 1.165) is 42.1 Å². The number of aromatic hydroxyl groups is 2. The Morgan fingerprint density at radius 1 is 0.540 bits per heavy atom. The summed E-state index contributed by atoms with van der Waals surface area (Å²) in [6.45, 7) is 6.82. The molecule has 35 heteroatoms. The van der Waals surface area contributed by atoms with Gasteiger partial charge in [-0.2, -0.15) is 10.5 Å². The van der Waals surface area contributed by atoms with Crippen LogP contribution in [0.5, 0.6) is 46.0 Å². The molecule has 0 amide bonds. The SMILES string of the molecule is COc1cc(/C(O)=C(\C#N)c2cnccn2)cc([N+](=O)[O-])c1OC.COc1cc(C(=O)Cl)cc([N+](=O)[O-])c1OC.COc1cc(C(=O)O)cc([N+](=O)[O-])c1OC.N#C/C(=C(/O)c1cc(O)c(O)c([N+](=O)[O-])c1)c1cnccn1.[C-]#[N+]Cc1cnccn1. The van der Waals surface area contributed by atoms with Crippen molar-refractivity contribution >= 4 is 68.2 Å². The molecule has 0 bridgehead atoms. The zero-order chi connectivity index (χ0) is 65.1. The van der Waals surface area contributed by atoms with Crippen LogP contribution in [0.1, 0.15) is 48.9 Å². The summed E-state index contributed by atoms with van der Waals surface area (Å²) >= 11 is 5.25. The number of phenols is 2. The van der Waals surface area contributed by atoms with E-state index in [1.165, 1.54) is 92.0 Å². The van der Waals surface area contributed by atoms with Crippen molar-refractivity contribution in [3.05, 3.63) is 196 Å². The number of aliphatic hydroxyl groups is 2. The molecule has 0 aliphatic heterocycles. The number of carboxylic acid groups (broad SMARTS) is 1. The number of carboxylic acids is 1. The summed E-state index contributed by atoms with van der Waals surface area (Å²) in [7, 11) is 7.66. The number of nitrogens with zero attached hydrogens (tertiary/aromatic N) is 13. The summed E-state index contributed by atoms with van der Waals surface area (Å²) in [4.78, 5) is 88.3. The van der Waals surface area contributed by atoms with Gasteiger partial charge in [-0.15, -0.1) is 0 Å². The van der Waals surface area contributed by atoms with Crippen LogP contribution in [0.2, 0.25) is 0 Å². The molecule has 0 aliphatic rings. The number of carbonyl (C=O) groups is 2. The second-order valence-corrected chi connectivity index (χ2v) is 15.9. The molecule has 3 heterocycles. The Labute approximate surface area is 493 Å². The van der Waals surface area contributed by atoms with Crippen LogP contribution >= 0.6 is 11.6 Å². The zero-order valence-electron chi connectivity index (χ0n) is 45.5. The number of nitro benzene ring substituents is 4. The first-order chi connectivity index (χ1) is 41.4. The summed E-state index contributed by atoms with van der Waals surface area (Å²) in [6, 6.07) is 12.1. The van der Waals surface area contributed by atoms with Gasteiger partial charge in [-0.3, -0.25) is 75.2 Å². The van der Waals surface area contributed by atoms with Crippen LogP contribution in [0, 0.1) is 69.7 Å². The third-order valence-corrected chi connectivity index (χ3v) is 10.7. The van der Waals surface area contributed by atoms with E-state index < -0.39 is 71.0 Å². The predicted octanol–water partition coefficient (Wildman–Crippen LogP) is 8.29. The van der Waals surface area contributed by atoms with Crippen LogP contribution in [0.3, 0.4) is 0 Å². The molecule has 5 N–H and O–H groups in total. The normalized spacial score (nSPS) is 10.4. The van der Waals surface area contributed by atoms with Gasteiger partial charge in [0.2, 0.25) is 23.0 Å². The van der Waals surface area contributed by atoms with Gasteiger partial charge in [0, 0.05) is 78.1 Å². The van der Waals surface area contributed by atoms with Crippen LogP contribution < -0.4 is 28.4 Å². The molecule has 0 saturated heterocycles. The number of methoxy groups -OCH3 is 6. The Kier molecular flexibility index (Phi) is 26.0. The number of aromatic carboxylic acids is 1. The topological polar surface area (TPSA) is 493 Å². The monoisotopic (exact) mass is 1220 g/mol. The Morgan fingerprint density at radius 2 is 0.897 bits per heavy atom. The molecule has 0 radical (unpaired) electrons. The van der Waals surface area contributed by atoms with Gasteiger partial charge in [0.15, 0.2) is 23.0 Å². The zero-order valence-corrected chi connectivity index (χ0v) is 46.2. The third kappa shape index (κ3) is 18.3. The number of halogens is 1. The quantitative estimate of drug-likeness (QED) is 0.0109. The van der Waals surface area contributed by atoms with Crippen LogP contribution in [0.15, 0.2) is 104 Å². The Hall–Kier alpha value is -12.9. The summed E-state index contributed by atoms with van der Waals surface area (Å²) in [5.74, 6) is -4.22. The molecule has 34 nitrogen and oxygen atoms in total. The van der Waals surface area contributed by atoms with E-state index in [1.807, 2.05) is 6.07 Å². The van der Waals surface area contributed by atoms with Crippen molar-refractivity contribution in [2.24, 2.45) is 0 Å². The van der Waals surface area contributed by atoms with Crippen LogP contribution in [-0.2, 0) is 6.54 Å². The minimum absolute atomic E-state index is 0.00843. The number of nitriles is 2. The maximum absolute atomic E-state index is 11.2. The molecule has 4 aromatic carbocycles. The van der Waals surface area contributed by atoms with Crippen LogP contribution in [0.4, 0.5) is 22.7 Å². The highest BCUT2D eigenvalue weighted by Crippen LogP contribution is 2.42. The molecular weight excluding hydrogens is 1180 g/mol. The molecule has 0 spiro atoms. The first kappa shape index (κ1) is 68.4. The third-order valence-electron chi connectivity index (χ3n) is 10.4. The molecule has 87 heavy (non-hydrogen) atoms. The highest BCUT2D eigenvalue weighted by atomic mass is 35.5. The average Bonchev–Trinajstić information content (AvgIpc) is 2.53. The molecule has 0 saturated carbocycles. The van der Waals surface area contributed by atoms with Gasteiger partial charge in [0.25, 0.3) is 11.8 Å². The first-order valence-electron chi connectivity index (χ1n) is 23.1. The highest BCUT2D eigenvalue weighted by molar-refractivity contribution is 6.67. The smallest absolute Gasteiger partial charge is 0.336 e. The van der Waals surface area contributed by atoms with Crippen molar-refractivity contribution in [3.63, 3.8) is 0 Å². The van der Waals surface area contributed by atoms with E-state index in [2.05, 4.69) is 34.7 Å². The molecule has 0 aliphatic carbocycles. The number of allylic oxidation sites excluding steroid dienone is 2. The lowest BCUT2D eigenvalue weighted by atomic mass is 10.1. The van der Waals surface area contributed by atoms with E-state index in [4.69, 9.17) is 57.0 Å². The Balaban J connectivity index is 0.000000293. The van der Waals surface area contributed by atoms with Gasteiger partial charge in [-0.05, 0) is 35.9 Å². The molecule has 7 rings (SSSR count). The van der Waals surface area contributed by atoms with E-state index in [1.54, 1.807) is 24.7 Å². The standard InChI is InChI=1S/C15H12N4O5.C13H8N4O5.C9H8ClNO5.C9H9NO6.C6H5N3/c1-23-13-6-9(5-12(19(21)22)15(13)24-2)14(20)10(7-16)11-8-17-3-4-18-11;14-5-8(9-6-15-1-2-16-9)12(19)7-3-10(17(21)22)13(20)11(18)4-7;1-15-7-4-5(9(10)12)3-6(11(13)14)8(7)16-2;1-15-7-4-5(9(11)12)3-6(10(13)14)8(7)16-2;1-7-4-6-5-8-2-3-9-6/h3-6,8,20H,1-2H3;1-4,6,18-20H;3-4H,1-2H3;3-4H,1-2H3,(H,11,12);2-3,5H,4H2/b14-10-;12-8-;;;. The first-order valence-corrected chi connectivity index (χ1v) is 23.4. The fraction of sp³-hybridized carbons (Fsp3) is 0.135. The molecule has 448 valence electrons. The van der Waals surface area contributed by atoms with E-state index in [-0.39, 0.29) is 85.0 Å². The van der Waals surface area contributed by atoms with E-state index >= 15 is 0 Å². The maximum atomic E-state index is 11.2. The summed E-state index contributed by atoms with van der Waals surface area (Å²) in [6.07, 6.45) is 12.7. The molecule has 0 fully saturated rings. The molecule has 0 atom stereocenters. The number of phenolic OH excluding ortho intramolecular Hbond substituents is 2. The second kappa shape index (κ2) is 33.1. The fourth-order valence-corrected chi connectivity index (χ4v) is 6.70. The van der Waals surface area contributed by atoms with Gasteiger partial charge in [-0.1, -0.05) is 0 Å². The van der Waals surface area contributed by atoms with Crippen LogP contribution in [-0.4, -0.2) is 129 Å².